The number of ether oxygens (including phenoxy) is 1. The Labute approximate surface area is 197 Å². The van der Waals surface area contributed by atoms with Gasteiger partial charge in [-0.1, -0.05) is 6.07 Å². The van der Waals surface area contributed by atoms with Gasteiger partial charge in [-0.05, 0) is 56.6 Å². The van der Waals surface area contributed by atoms with Gasteiger partial charge >= 0.3 is 6.18 Å². The molecule has 34 heavy (non-hydrogen) atoms. The molecular weight excluding hydrogens is 457 g/mol. The highest BCUT2D eigenvalue weighted by atomic mass is 19.4. The van der Waals surface area contributed by atoms with Crippen LogP contribution >= 0.6 is 0 Å². The van der Waals surface area contributed by atoms with Gasteiger partial charge in [-0.3, -0.25) is 4.79 Å². The van der Waals surface area contributed by atoms with Crippen LogP contribution in [0.2, 0.25) is 0 Å². The molecule has 1 N–H and O–H groups in total. The number of carbonyl (C=O) groups excluding carboxylic acids is 1. The third kappa shape index (κ3) is 9.35. The fourth-order valence-corrected chi connectivity index (χ4v) is 4.63. The Morgan fingerprint density at radius 1 is 1.12 bits per heavy atom. The number of carbonyl (C=O) groups is 1. The zero-order chi connectivity index (χ0) is 24.8. The third-order valence-corrected chi connectivity index (χ3v) is 6.58. The second-order valence-corrected chi connectivity index (χ2v) is 9.64. The van der Waals surface area contributed by atoms with Gasteiger partial charge in [0.15, 0.2) is 6.61 Å². The summed E-state index contributed by atoms with van der Waals surface area (Å²) in [7, 11) is 0. The molecule has 0 radical (unpaired) electrons. The highest BCUT2D eigenvalue weighted by molar-refractivity contribution is 5.76. The molecule has 10 heteroatoms. The second-order valence-electron chi connectivity index (χ2n) is 9.64. The normalized spacial score (nSPS) is 22.1. The van der Waals surface area contributed by atoms with Crippen molar-refractivity contribution in [3.63, 3.8) is 0 Å². The number of halogens is 5. The van der Waals surface area contributed by atoms with E-state index >= 15 is 0 Å². The molecule has 1 fully saturated rings. The van der Waals surface area contributed by atoms with Crippen molar-refractivity contribution >= 4 is 5.91 Å². The number of amides is 1. The van der Waals surface area contributed by atoms with Gasteiger partial charge in [-0.2, -0.15) is 13.2 Å². The molecule has 0 aromatic carbocycles. The van der Waals surface area contributed by atoms with Crippen molar-refractivity contribution < 1.29 is 31.5 Å². The van der Waals surface area contributed by atoms with Gasteiger partial charge in [0, 0.05) is 50.7 Å². The minimum atomic E-state index is -4.30. The molecule has 0 atom stereocenters. The van der Waals surface area contributed by atoms with E-state index in [4.69, 9.17) is 4.74 Å². The van der Waals surface area contributed by atoms with Gasteiger partial charge in [0.05, 0.1) is 6.42 Å². The maximum Gasteiger partial charge on any atom is 0.389 e. The minimum absolute atomic E-state index is 0.0279. The predicted molar refractivity (Wildman–Crippen MR) is 118 cm³/mol. The molecule has 0 bridgehead atoms. The minimum Gasteiger partial charge on any atom is -0.471 e. The monoisotopic (exact) mass is 491 g/mol. The van der Waals surface area contributed by atoms with Crippen LogP contribution in [0.15, 0.2) is 12.1 Å². The molecule has 0 spiro atoms. The number of aromatic nitrogens is 1. The van der Waals surface area contributed by atoms with Crippen LogP contribution in [0, 0.1) is 5.92 Å². The number of nitrogens with one attached hydrogen (secondary N) is 1. The van der Waals surface area contributed by atoms with E-state index in [9.17, 15) is 26.7 Å². The topological polar surface area (TPSA) is 54.5 Å². The quantitative estimate of drug-likeness (QED) is 0.498. The summed E-state index contributed by atoms with van der Waals surface area (Å²) >= 11 is 0. The number of hydrogen-bond acceptors (Lipinski definition) is 4. The summed E-state index contributed by atoms with van der Waals surface area (Å²) in [6.07, 6.45) is 0.275. The number of nitrogens with zero attached hydrogens (tertiary/aromatic N) is 2. The van der Waals surface area contributed by atoms with Crippen LogP contribution < -0.4 is 10.1 Å². The van der Waals surface area contributed by atoms with Gasteiger partial charge in [0.2, 0.25) is 11.8 Å². The smallest absolute Gasteiger partial charge is 0.389 e. The number of rotatable bonds is 9. The Hall–Kier alpha value is -1.97. The Kier molecular flexibility index (Phi) is 9.12. The first-order chi connectivity index (χ1) is 16.0. The number of pyridine rings is 1. The van der Waals surface area contributed by atoms with Crippen LogP contribution in [0.1, 0.15) is 63.1 Å². The van der Waals surface area contributed by atoms with Crippen LogP contribution in [-0.4, -0.2) is 60.2 Å². The summed E-state index contributed by atoms with van der Waals surface area (Å²) in [6.45, 7) is 2.83. The zero-order valence-electron chi connectivity index (χ0n) is 19.6. The molecule has 2 heterocycles. The summed E-state index contributed by atoms with van der Waals surface area (Å²) in [5.41, 5.74) is 2.03. The first-order valence-electron chi connectivity index (χ1n) is 12.0. The first kappa shape index (κ1) is 26.6. The maximum atomic E-state index is 13.0. The number of fused-ring (bicyclic) bond motifs is 1. The number of hydrogen-bond donors (Lipinski definition) is 1. The first-order valence-corrected chi connectivity index (χ1v) is 12.0. The summed E-state index contributed by atoms with van der Waals surface area (Å²) in [5, 5.41) is 2.75. The van der Waals surface area contributed by atoms with Crippen molar-refractivity contribution in [2.45, 2.75) is 82.9 Å². The molecule has 1 aromatic rings. The number of alkyl halides is 5. The second kappa shape index (κ2) is 11.6. The van der Waals surface area contributed by atoms with Crippen LogP contribution in [0.25, 0.3) is 0 Å². The average molecular weight is 492 g/mol. The van der Waals surface area contributed by atoms with Crippen molar-refractivity contribution in [2.24, 2.45) is 5.92 Å². The summed E-state index contributed by atoms with van der Waals surface area (Å²) in [6, 6.07) is 3.54. The molecule has 1 amide bonds. The lowest BCUT2D eigenvalue weighted by molar-refractivity contribution is -0.144. The SMILES string of the molecule is CC(F)(F)COc1ccc2c(n1)CCN(CC[C@H]1CC[C@H](NC(=O)CCC(F)(F)F)CC1)CC2. The molecule has 3 rings (SSSR count). The van der Waals surface area contributed by atoms with Crippen molar-refractivity contribution in [1.29, 1.82) is 0 Å². The molecule has 5 nitrogen and oxygen atoms in total. The lowest BCUT2D eigenvalue weighted by Gasteiger charge is -2.30. The Balaban J connectivity index is 1.36. The standard InChI is InChI=1S/C24H34F5N3O2/c1-23(25,26)16-34-22-7-4-18-10-14-32(15-11-20(18)31-22)13-9-17-2-5-19(6-3-17)30-21(33)8-12-24(27,28)29/h4,7,17,19H,2-3,5-6,8-16H2,1H3,(H,30,33)/t17-,19-. The van der Waals surface area contributed by atoms with E-state index in [2.05, 4.69) is 15.2 Å². The van der Waals surface area contributed by atoms with Crippen molar-refractivity contribution in [1.82, 2.24) is 15.2 Å². The summed E-state index contributed by atoms with van der Waals surface area (Å²) < 4.78 is 68.0. The molecule has 2 aliphatic rings. The molecule has 1 aliphatic heterocycles. The van der Waals surface area contributed by atoms with Crippen molar-refractivity contribution in [3.05, 3.63) is 23.4 Å². The molecule has 192 valence electrons. The lowest BCUT2D eigenvalue weighted by Crippen LogP contribution is -2.38. The molecular formula is C24H34F5N3O2. The fourth-order valence-electron chi connectivity index (χ4n) is 4.63. The van der Waals surface area contributed by atoms with Crippen molar-refractivity contribution in [3.8, 4) is 5.88 Å². The average Bonchev–Trinajstić information content (AvgIpc) is 2.97. The van der Waals surface area contributed by atoms with E-state index in [0.29, 0.717) is 5.92 Å². The van der Waals surface area contributed by atoms with Crippen LogP contribution in [0.4, 0.5) is 22.0 Å². The van der Waals surface area contributed by atoms with Crippen LogP contribution in [0.3, 0.4) is 0 Å². The van der Waals surface area contributed by atoms with Gasteiger partial charge in [0.25, 0.3) is 5.92 Å². The molecule has 1 aromatic heterocycles. The van der Waals surface area contributed by atoms with Gasteiger partial charge in [-0.15, -0.1) is 0 Å². The van der Waals surface area contributed by atoms with E-state index < -0.39 is 37.5 Å². The summed E-state index contributed by atoms with van der Waals surface area (Å²) in [5.74, 6) is -2.64. The predicted octanol–water partition coefficient (Wildman–Crippen LogP) is 4.92. The maximum absolute atomic E-state index is 13.0. The highest BCUT2D eigenvalue weighted by Crippen LogP contribution is 2.28. The molecule has 0 saturated heterocycles. The van der Waals surface area contributed by atoms with E-state index in [1.54, 1.807) is 6.07 Å². The van der Waals surface area contributed by atoms with Crippen LogP contribution in [-0.2, 0) is 17.6 Å². The summed E-state index contributed by atoms with van der Waals surface area (Å²) in [4.78, 5) is 18.6. The molecule has 0 unspecified atom stereocenters. The van der Waals surface area contributed by atoms with E-state index in [1.807, 2.05) is 6.07 Å². The third-order valence-electron chi connectivity index (χ3n) is 6.58. The molecule has 1 saturated carbocycles. The van der Waals surface area contributed by atoms with Crippen LogP contribution in [0.5, 0.6) is 5.88 Å². The zero-order valence-corrected chi connectivity index (χ0v) is 19.6. The van der Waals surface area contributed by atoms with Gasteiger partial charge in [-0.25, -0.2) is 13.8 Å². The largest absolute Gasteiger partial charge is 0.471 e. The van der Waals surface area contributed by atoms with E-state index in [0.717, 1.165) is 82.8 Å². The highest BCUT2D eigenvalue weighted by Gasteiger charge is 2.29. The van der Waals surface area contributed by atoms with E-state index in [-0.39, 0.29) is 11.9 Å². The Morgan fingerprint density at radius 2 is 1.82 bits per heavy atom. The lowest BCUT2D eigenvalue weighted by atomic mass is 9.84. The van der Waals surface area contributed by atoms with Gasteiger partial charge < -0.3 is 15.0 Å². The Bertz CT molecular complexity index is 805. The Morgan fingerprint density at radius 3 is 2.50 bits per heavy atom. The fraction of sp³-hybridized carbons (Fsp3) is 0.750. The van der Waals surface area contributed by atoms with Gasteiger partial charge in [0.1, 0.15) is 0 Å². The molecule has 1 aliphatic carbocycles. The van der Waals surface area contributed by atoms with E-state index in [1.165, 1.54) is 0 Å². The van der Waals surface area contributed by atoms with Crippen molar-refractivity contribution in [2.75, 3.05) is 26.2 Å².